The third-order valence-corrected chi connectivity index (χ3v) is 7.02. The van der Waals surface area contributed by atoms with Gasteiger partial charge in [0.25, 0.3) is 0 Å². The van der Waals surface area contributed by atoms with Crippen molar-refractivity contribution in [2.45, 2.75) is 64.4 Å². The Morgan fingerprint density at radius 3 is 2.44 bits per heavy atom. The summed E-state index contributed by atoms with van der Waals surface area (Å²) >= 11 is 5.93. The monoisotopic (exact) mass is 514 g/mol. The number of nitrogens with zero attached hydrogens (tertiary/aromatic N) is 1. The topological polar surface area (TPSA) is 81.9 Å². The Balaban J connectivity index is 1.43. The number of nitrogens with two attached hydrogens (primary N) is 1. The minimum absolute atomic E-state index is 0.0523. The number of carbonyl (C=O) groups is 2. The number of halogens is 1. The first kappa shape index (κ1) is 28.0. The Hall–Kier alpha value is -2.57. The van der Waals surface area contributed by atoms with Gasteiger partial charge >= 0.3 is 6.09 Å². The lowest BCUT2D eigenvalue weighted by molar-refractivity contribution is 0.0537. The van der Waals surface area contributed by atoms with Crippen LogP contribution in [-0.4, -0.2) is 49.1 Å². The highest BCUT2D eigenvalue weighted by molar-refractivity contribution is 6.30. The molecule has 0 radical (unpaired) electrons. The summed E-state index contributed by atoms with van der Waals surface area (Å²) in [5.41, 5.74) is 6.51. The fraction of sp³-hybridized carbons (Fsp3) is 0.517. The van der Waals surface area contributed by atoms with Crippen molar-refractivity contribution in [3.8, 4) is 5.75 Å². The molecule has 196 valence electrons. The maximum absolute atomic E-state index is 12.8. The summed E-state index contributed by atoms with van der Waals surface area (Å²) in [4.78, 5) is 26.5. The maximum Gasteiger partial charge on any atom is 0.404 e. The van der Waals surface area contributed by atoms with Crippen LogP contribution in [0.3, 0.4) is 0 Å². The number of piperidine rings is 1. The second-order valence-electron chi connectivity index (χ2n) is 9.68. The van der Waals surface area contributed by atoms with Crippen molar-refractivity contribution in [2.24, 2.45) is 11.7 Å². The van der Waals surface area contributed by atoms with E-state index in [-0.39, 0.29) is 11.9 Å². The molecule has 2 aromatic carbocycles. The molecule has 1 atom stereocenters. The lowest BCUT2D eigenvalue weighted by Crippen LogP contribution is -2.41. The van der Waals surface area contributed by atoms with Crippen LogP contribution in [0.2, 0.25) is 5.02 Å². The number of likely N-dealkylation sites (tertiary alicyclic amines) is 1. The summed E-state index contributed by atoms with van der Waals surface area (Å²) in [6, 6.07) is 14.3. The summed E-state index contributed by atoms with van der Waals surface area (Å²) in [5.74, 6) is 1.10. The molecule has 1 aliphatic heterocycles. The molecule has 1 heterocycles. The molecular formula is C29H39ClN2O4. The molecule has 0 spiro atoms. The summed E-state index contributed by atoms with van der Waals surface area (Å²) in [6.45, 7) is 5.44. The van der Waals surface area contributed by atoms with Gasteiger partial charge in [-0.1, -0.05) is 56.3 Å². The van der Waals surface area contributed by atoms with Crippen molar-refractivity contribution < 1.29 is 19.1 Å². The van der Waals surface area contributed by atoms with Gasteiger partial charge in [0.05, 0.1) is 6.61 Å². The van der Waals surface area contributed by atoms with E-state index in [2.05, 4.69) is 11.8 Å². The predicted octanol–water partition coefficient (Wildman–Crippen LogP) is 6.49. The second-order valence-corrected chi connectivity index (χ2v) is 10.1. The zero-order valence-corrected chi connectivity index (χ0v) is 22.1. The summed E-state index contributed by atoms with van der Waals surface area (Å²) in [7, 11) is 0. The fourth-order valence-electron chi connectivity index (χ4n) is 4.66. The van der Waals surface area contributed by atoms with Crippen LogP contribution in [-0.2, 0) is 4.74 Å². The number of rotatable bonds is 14. The van der Waals surface area contributed by atoms with Gasteiger partial charge < -0.3 is 15.2 Å². The number of unbranched alkanes of at least 4 members (excludes halogenated alkanes) is 4. The molecule has 1 fully saturated rings. The molecule has 3 rings (SSSR count). The van der Waals surface area contributed by atoms with E-state index in [0.717, 1.165) is 45.3 Å². The molecule has 7 heteroatoms. The lowest BCUT2D eigenvalue weighted by Gasteiger charge is -2.33. The van der Waals surface area contributed by atoms with E-state index in [1.165, 1.54) is 25.7 Å². The Kier molecular flexibility index (Phi) is 11.6. The standard InChI is InChI=1S/C29H39ClN2O4/c1-2-3-4-5-6-9-27(36-29(31)34)20-32-17-15-22(16-18-32)21-35-26-10-7-8-24(19-26)28(33)23-11-13-25(30)14-12-23/h7-8,10-14,19,22,27H,2-6,9,15-18,20-21H2,1H3,(H2,31,34)/t27-/m0/s1. The summed E-state index contributed by atoms with van der Waals surface area (Å²) in [6.07, 6.45) is 7.98. The SMILES string of the molecule is CCCCCCC[C@@H](CN1CCC(COc2cccc(C(=O)c3ccc(Cl)cc3)c2)CC1)OC(N)=O. The van der Waals surface area contributed by atoms with Crippen molar-refractivity contribution in [1.82, 2.24) is 4.90 Å². The molecule has 0 unspecified atom stereocenters. The van der Waals surface area contributed by atoms with Crippen LogP contribution >= 0.6 is 11.6 Å². The van der Waals surface area contributed by atoms with Crippen LogP contribution < -0.4 is 10.5 Å². The zero-order valence-electron chi connectivity index (χ0n) is 21.3. The molecule has 1 aliphatic rings. The van der Waals surface area contributed by atoms with E-state index < -0.39 is 6.09 Å². The first-order valence-electron chi connectivity index (χ1n) is 13.2. The van der Waals surface area contributed by atoms with E-state index in [9.17, 15) is 9.59 Å². The number of carbonyl (C=O) groups excluding carboxylic acids is 2. The molecule has 0 aromatic heterocycles. The summed E-state index contributed by atoms with van der Waals surface area (Å²) < 4.78 is 11.5. The Morgan fingerprint density at radius 1 is 1.03 bits per heavy atom. The van der Waals surface area contributed by atoms with Crippen LogP contribution in [0.5, 0.6) is 5.75 Å². The Labute approximate surface area is 220 Å². The number of benzene rings is 2. The minimum Gasteiger partial charge on any atom is -0.493 e. The number of primary amides is 1. The van der Waals surface area contributed by atoms with Gasteiger partial charge in [-0.05, 0) is 81.1 Å². The third kappa shape index (κ3) is 9.47. The normalized spacial score (nSPS) is 15.4. The van der Waals surface area contributed by atoms with Gasteiger partial charge in [0, 0.05) is 22.7 Å². The first-order valence-corrected chi connectivity index (χ1v) is 13.5. The number of hydrogen-bond donors (Lipinski definition) is 1. The van der Waals surface area contributed by atoms with Crippen LogP contribution in [0, 0.1) is 5.92 Å². The van der Waals surface area contributed by atoms with Crippen molar-refractivity contribution in [3.05, 3.63) is 64.7 Å². The van der Waals surface area contributed by atoms with Crippen LogP contribution in [0.1, 0.15) is 74.2 Å². The van der Waals surface area contributed by atoms with Gasteiger partial charge in [0.2, 0.25) is 0 Å². The highest BCUT2D eigenvalue weighted by atomic mass is 35.5. The van der Waals surface area contributed by atoms with E-state index in [4.69, 9.17) is 26.8 Å². The van der Waals surface area contributed by atoms with Gasteiger partial charge in [0.1, 0.15) is 11.9 Å². The number of hydrogen-bond acceptors (Lipinski definition) is 5. The lowest BCUT2D eigenvalue weighted by atomic mass is 9.97. The molecule has 0 saturated carbocycles. The average Bonchev–Trinajstić information content (AvgIpc) is 2.88. The smallest absolute Gasteiger partial charge is 0.404 e. The average molecular weight is 515 g/mol. The van der Waals surface area contributed by atoms with E-state index >= 15 is 0 Å². The van der Waals surface area contributed by atoms with Crippen molar-refractivity contribution in [3.63, 3.8) is 0 Å². The molecular weight excluding hydrogens is 476 g/mol. The molecule has 1 amide bonds. The molecule has 36 heavy (non-hydrogen) atoms. The molecule has 2 aromatic rings. The predicted molar refractivity (Wildman–Crippen MR) is 144 cm³/mol. The van der Waals surface area contributed by atoms with Gasteiger partial charge in [-0.3, -0.25) is 9.69 Å². The largest absolute Gasteiger partial charge is 0.493 e. The van der Waals surface area contributed by atoms with Crippen LogP contribution in [0.15, 0.2) is 48.5 Å². The highest BCUT2D eigenvalue weighted by Gasteiger charge is 2.23. The van der Waals surface area contributed by atoms with Crippen molar-refractivity contribution >= 4 is 23.5 Å². The quantitative estimate of drug-likeness (QED) is 0.230. The van der Waals surface area contributed by atoms with E-state index in [1.807, 2.05) is 12.1 Å². The van der Waals surface area contributed by atoms with Crippen molar-refractivity contribution in [2.75, 3.05) is 26.2 Å². The first-order chi connectivity index (χ1) is 17.4. The van der Waals surface area contributed by atoms with E-state index in [0.29, 0.717) is 34.4 Å². The van der Waals surface area contributed by atoms with Gasteiger partial charge in [-0.15, -0.1) is 0 Å². The van der Waals surface area contributed by atoms with E-state index in [1.54, 1.807) is 36.4 Å². The molecule has 6 nitrogen and oxygen atoms in total. The molecule has 0 aliphatic carbocycles. The van der Waals surface area contributed by atoms with Gasteiger partial charge in [0.15, 0.2) is 5.78 Å². The Bertz CT molecular complexity index is 958. The fourth-order valence-corrected chi connectivity index (χ4v) is 4.79. The Morgan fingerprint density at radius 2 is 1.75 bits per heavy atom. The number of ketones is 1. The third-order valence-electron chi connectivity index (χ3n) is 6.77. The van der Waals surface area contributed by atoms with Crippen molar-refractivity contribution in [1.29, 1.82) is 0 Å². The van der Waals surface area contributed by atoms with Gasteiger partial charge in [-0.25, -0.2) is 4.79 Å². The molecule has 2 N–H and O–H groups in total. The second kappa shape index (κ2) is 14.9. The molecule has 1 saturated heterocycles. The zero-order chi connectivity index (χ0) is 25.8. The van der Waals surface area contributed by atoms with Gasteiger partial charge in [-0.2, -0.15) is 0 Å². The summed E-state index contributed by atoms with van der Waals surface area (Å²) in [5, 5.41) is 0.605. The number of ether oxygens (including phenoxy) is 2. The number of amides is 1. The minimum atomic E-state index is -0.686. The van der Waals surface area contributed by atoms with Crippen LogP contribution in [0.4, 0.5) is 4.79 Å². The maximum atomic E-state index is 12.8. The molecule has 0 bridgehead atoms. The van der Waals surface area contributed by atoms with Crippen LogP contribution in [0.25, 0.3) is 0 Å². The highest BCUT2D eigenvalue weighted by Crippen LogP contribution is 2.23.